The van der Waals surface area contributed by atoms with Crippen molar-refractivity contribution < 1.29 is 17.9 Å². The second kappa shape index (κ2) is 12.1. The van der Waals surface area contributed by atoms with Gasteiger partial charge in [0, 0.05) is 49.2 Å². The molecule has 1 saturated heterocycles. The maximum Gasteiger partial charge on any atom is 0.435 e. The average molecular weight is 619 g/mol. The number of aromatic nitrogens is 3. The summed E-state index contributed by atoms with van der Waals surface area (Å²) in [4.78, 5) is 6.81. The average Bonchev–Trinajstić information content (AvgIpc) is 3.56. The fraction of sp³-hybridized carbons (Fsp3) is 0.211. The predicted molar refractivity (Wildman–Crippen MR) is 175 cm³/mol. The number of alkyl halides is 3. The van der Waals surface area contributed by atoms with Gasteiger partial charge < -0.3 is 9.64 Å². The number of benzene rings is 4. The first-order valence-corrected chi connectivity index (χ1v) is 15.4. The molecule has 0 amide bonds. The van der Waals surface area contributed by atoms with Crippen LogP contribution in [0, 0.1) is 0 Å². The lowest BCUT2D eigenvalue weighted by Crippen LogP contribution is -2.38. The SMILES string of the molecule is COC1CCN(c2ccnc3ccc(-c4cn(C(c5ccccc5)(c5ccccc5)c5ccccc5)nc4C(F)(F)F)cc23)CC1. The van der Waals surface area contributed by atoms with Gasteiger partial charge in [-0.1, -0.05) is 97.1 Å². The molecule has 4 aromatic carbocycles. The van der Waals surface area contributed by atoms with Crippen molar-refractivity contribution in [1.82, 2.24) is 14.8 Å². The molecule has 2 aromatic heterocycles. The molecule has 0 unspecified atom stereocenters. The molecule has 0 bridgehead atoms. The Balaban J connectivity index is 1.46. The van der Waals surface area contributed by atoms with Gasteiger partial charge in [-0.05, 0) is 53.3 Å². The number of anilines is 1. The molecule has 1 aliphatic heterocycles. The van der Waals surface area contributed by atoms with Gasteiger partial charge in [-0.2, -0.15) is 18.3 Å². The van der Waals surface area contributed by atoms with Crippen LogP contribution >= 0.6 is 0 Å². The molecule has 0 spiro atoms. The van der Waals surface area contributed by atoms with Gasteiger partial charge in [-0.15, -0.1) is 0 Å². The fourth-order valence-corrected chi connectivity index (χ4v) is 6.81. The van der Waals surface area contributed by atoms with Crippen LogP contribution in [0.1, 0.15) is 35.2 Å². The van der Waals surface area contributed by atoms with Gasteiger partial charge in [0.25, 0.3) is 0 Å². The van der Waals surface area contributed by atoms with E-state index in [1.165, 1.54) is 4.68 Å². The first-order chi connectivity index (χ1) is 22.4. The lowest BCUT2D eigenvalue weighted by Gasteiger charge is -2.36. The fourth-order valence-electron chi connectivity index (χ4n) is 6.81. The smallest absolute Gasteiger partial charge is 0.381 e. The van der Waals surface area contributed by atoms with E-state index in [1.807, 2.05) is 103 Å². The number of rotatable bonds is 7. The summed E-state index contributed by atoms with van der Waals surface area (Å²) in [6.45, 7) is 1.59. The van der Waals surface area contributed by atoms with E-state index in [-0.39, 0.29) is 11.7 Å². The van der Waals surface area contributed by atoms with E-state index >= 15 is 0 Å². The topological polar surface area (TPSA) is 43.2 Å². The number of ether oxygens (including phenoxy) is 1. The highest BCUT2D eigenvalue weighted by atomic mass is 19.4. The summed E-state index contributed by atoms with van der Waals surface area (Å²) in [6, 6.07) is 36.0. The third kappa shape index (κ3) is 5.22. The van der Waals surface area contributed by atoms with Crippen LogP contribution < -0.4 is 4.90 Å². The largest absolute Gasteiger partial charge is 0.435 e. The molecule has 8 heteroatoms. The van der Waals surface area contributed by atoms with Crippen molar-refractivity contribution in [3.05, 3.63) is 150 Å². The first-order valence-electron chi connectivity index (χ1n) is 15.4. The number of nitrogens with zero attached hydrogens (tertiary/aromatic N) is 4. The van der Waals surface area contributed by atoms with Crippen LogP contribution in [0.2, 0.25) is 0 Å². The van der Waals surface area contributed by atoms with Gasteiger partial charge in [0.2, 0.25) is 0 Å². The molecule has 46 heavy (non-hydrogen) atoms. The van der Waals surface area contributed by atoms with Crippen LogP contribution in [0.25, 0.3) is 22.0 Å². The van der Waals surface area contributed by atoms with E-state index in [2.05, 4.69) is 15.0 Å². The third-order valence-corrected chi connectivity index (χ3v) is 9.05. The number of methoxy groups -OCH3 is 1. The van der Waals surface area contributed by atoms with E-state index in [0.29, 0.717) is 5.56 Å². The number of fused-ring (bicyclic) bond motifs is 1. The summed E-state index contributed by atoms with van der Waals surface area (Å²) >= 11 is 0. The van der Waals surface area contributed by atoms with Crippen molar-refractivity contribution in [1.29, 1.82) is 0 Å². The summed E-state index contributed by atoms with van der Waals surface area (Å²) in [7, 11) is 1.73. The number of piperidine rings is 1. The number of hydrogen-bond acceptors (Lipinski definition) is 4. The second-order valence-corrected chi connectivity index (χ2v) is 11.6. The third-order valence-electron chi connectivity index (χ3n) is 9.05. The summed E-state index contributed by atoms with van der Waals surface area (Å²) in [6.07, 6.45) is 0.575. The van der Waals surface area contributed by atoms with E-state index < -0.39 is 17.4 Å². The Morgan fingerprint density at radius 3 is 1.83 bits per heavy atom. The quantitative estimate of drug-likeness (QED) is 0.168. The summed E-state index contributed by atoms with van der Waals surface area (Å²) in [5, 5.41) is 5.22. The Bertz CT molecular complexity index is 1840. The summed E-state index contributed by atoms with van der Waals surface area (Å²) < 4.78 is 52.0. The minimum atomic E-state index is -4.70. The molecule has 232 valence electrons. The van der Waals surface area contributed by atoms with Gasteiger partial charge in [0.15, 0.2) is 5.69 Å². The molecule has 6 aromatic rings. The van der Waals surface area contributed by atoms with Crippen LogP contribution in [0.15, 0.2) is 128 Å². The van der Waals surface area contributed by atoms with Crippen LogP contribution in [-0.2, 0) is 16.5 Å². The highest BCUT2D eigenvalue weighted by Crippen LogP contribution is 2.45. The minimum absolute atomic E-state index is 0.00876. The van der Waals surface area contributed by atoms with Gasteiger partial charge >= 0.3 is 6.18 Å². The highest BCUT2D eigenvalue weighted by molar-refractivity contribution is 5.95. The van der Waals surface area contributed by atoms with Gasteiger partial charge in [-0.3, -0.25) is 9.67 Å². The lowest BCUT2D eigenvalue weighted by molar-refractivity contribution is -0.141. The molecular formula is C38H33F3N4O. The zero-order chi connectivity index (χ0) is 31.7. The lowest BCUT2D eigenvalue weighted by atomic mass is 9.77. The van der Waals surface area contributed by atoms with Crippen LogP contribution in [0.3, 0.4) is 0 Å². The second-order valence-electron chi connectivity index (χ2n) is 11.6. The Labute approximate surface area is 265 Å². The van der Waals surface area contributed by atoms with Gasteiger partial charge in [0.1, 0.15) is 5.54 Å². The zero-order valence-corrected chi connectivity index (χ0v) is 25.4. The maximum atomic E-state index is 15.0. The Kier molecular flexibility index (Phi) is 7.82. The minimum Gasteiger partial charge on any atom is -0.381 e. The molecule has 0 saturated carbocycles. The van der Waals surface area contributed by atoms with Crippen molar-refractivity contribution in [3.8, 4) is 11.1 Å². The molecule has 7 rings (SSSR count). The standard InChI is InChI=1S/C38H33F3N4O/c1-46-31-20-23-44(24-21-31)35-19-22-42-34-18-17-27(25-32(34)35)33-26-45(43-36(33)38(39,40)41)37(28-11-5-2-6-12-28,29-13-7-3-8-14-29)30-15-9-4-10-16-30/h2-19,22,25-26,31H,20-21,23-24H2,1H3. The van der Waals surface area contributed by atoms with Crippen LogP contribution in [0.5, 0.6) is 0 Å². The van der Waals surface area contributed by atoms with Crippen LogP contribution in [-0.4, -0.2) is 41.1 Å². The predicted octanol–water partition coefficient (Wildman–Crippen LogP) is 8.57. The molecule has 0 radical (unpaired) electrons. The number of hydrogen-bond donors (Lipinski definition) is 0. The monoisotopic (exact) mass is 618 g/mol. The summed E-state index contributed by atoms with van der Waals surface area (Å²) in [5.74, 6) is 0. The van der Waals surface area contributed by atoms with Gasteiger partial charge in [0.05, 0.1) is 11.6 Å². The Morgan fingerprint density at radius 1 is 0.739 bits per heavy atom. The summed E-state index contributed by atoms with van der Waals surface area (Å²) in [5.41, 5.74) is 2.36. The van der Waals surface area contributed by atoms with Crippen molar-refractivity contribution in [2.75, 3.05) is 25.1 Å². The Hall–Kier alpha value is -4.95. The van der Waals surface area contributed by atoms with Crippen molar-refractivity contribution in [3.63, 3.8) is 0 Å². The first kappa shape index (κ1) is 29.7. The van der Waals surface area contributed by atoms with E-state index in [4.69, 9.17) is 4.74 Å². The van der Waals surface area contributed by atoms with Crippen LogP contribution in [0.4, 0.5) is 18.9 Å². The maximum absolute atomic E-state index is 15.0. The van der Waals surface area contributed by atoms with E-state index in [1.54, 1.807) is 31.6 Å². The zero-order valence-electron chi connectivity index (χ0n) is 25.4. The Morgan fingerprint density at radius 2 is 1.30 bits per heavy atom. The van der Waals surface area contributed by atoms with Crippen molar-refractivity contribution in [2.24, 2.45) is 0 Å². The molecule has 3 heterocycles. The molecule has 1 aliphatic rings. The molecule has 1 fully saturated rings. The number of pyridine rings is 1. The molecule has 5 nitrogen and oxygen atoms in total. The van der Waals surface area contributed by atoms with Gasteiger partial charge in [-0.25, -0.2) is 0 Å². The normalized spacial score (nSPS) is 14.6. The number of halogens is 3. The highest BCUT2D eigenvalue weighted by Gasteiger charge is 2.44. The molecular weight excluding hydrogens is 585 g/mol. The molecule has 0 atom stereocenters. The van der Waals surface area contributed by atoms with E-state index in [0.717, 1.165) is 59.2 Å². The van der Waals surface area contributed by atoms with Crippen molar-refractivity contribution in [2.45, 2.75) is 30.7 Å². The van der Waals surface area contributed by atoms with Crippen molar-refractivity contribution >= 4 is 16.6 Å². The van der Waals surface area contributed by atoms with E-state index in [9.17, 15) is 13.2 Å². The molecule has 0 N–H and O–H groups in total. The molecule has 0 aliphatic carbocycles.